The van der Waals surface area contributed by atoms with Crippen molar-refractivity contribution in [2.75, 3.05) is 31.1 Å². The smallest absolute Gasteiger partial charge is 0.0827 e. The number of pyridine rings is 1. The standard InChI is InChI=1S/C15H21N5/c1-12-15(13(2)18-17-12)20-8-6-19(7-9-20)11-14-4-3-5-16-10-14/h3-5,10H,6-9,11H2,1-2H3,(H,17,18). The molecule has 1 aliphatic heterocycles. The van der Waals surface area contributed by atoms with Gasteiger partial charge in [0.1, 0.15) is 0 Å². The van der Waals surface area contributed by atoms with Crippen molar-refractivity contribution in [1.82, 2.24) is 20.1 Å². The number of aryl methyl sites for hydroxylation is 2. The Morgan fingerprint density at radius 2 is 2.00 bits per heavy atom. The molecule has 0 spiro atoms. The van der Waals surface area contributed by atoms with Crippen molar-refractivity contribution in [3.63, 3.8) is 0 Å². The maximum Gasteiger partial charge on any atom is 0.0827 e. The molecule has 1 N–H and O–H groups in total. The second-order valence-electron chi connectivity index (χ2n) is 5.41. The predicted molar refractivity (Wildman–Crippen MR) is 79.8 cm³/mol. The third-order valence-corrected chi connectivity index (χ3v) is 3.91. The van der Waals surface area contributed by atoms with Crippen molar-refractivity contribution in [2.24, 2.45) is 0 Å². The Morgan fingerprint density at radius 3 is 2.60 bits per heavy atom. The summed E-state index contributed by atoms with van der Waals surface area (Å²) in [7, 11) is 0. The van der Waals surface area contributed by atoms with Crippen LogP contribution in [-0.2, 0) is 6.54 Å². The van der Waals surface area contributed by atoms with Crippen LogP contribution in [0, 0.1) is 13.8 Å². The highest BCUT2D eigenvalue weighted by atomic mass is 15.3. The normalized spacial score (nSPS) is 16.6. The number of nitrogens with one attached hydrogen (secondary N) is 1. The van der Waals surface area contributed by atoms with Crippen LogP contribution in [0.25, 0.3) is 0 Å². The number of H-pyrrole nitrogens is 1. The molecule has 1 aliphatic rings. The summed E-state index contributed by atoms with van der Waals surface area (Å²) in [6.07, 6.45) is 3.78. The monoisotopic (exact) mass is 271 g/mol. The molecule has 0 atom stereocenters. The first kappa shape index (κ1) is 13.1. The van der Waals surface area contributed by atoms with Crippen molar-refractivity contribution < 1.29 is 0 Å². The molecule has 0 unspecified atom stereocenters. The molecule has 0 aliphatic carbocycles. The number of aromatic nitrogens is 3. The van der Waals surface area contributed by atoms with Gasteiger partial charge >= 0.3 is 0 Å². The SMILES string of the molecule is Cc1n[nH]c(C)c1N1CCN(Cc2cccnc2)CC1. The highest BCUT2D eigenvalue weighted by molar-refractivity contribution is 5.54. The van der Waals surface area contributed by atoms with E-state index in [2.05, 4.69) is 44.9 Å². The van der Waals surface area contributed by atoms with Gasteiger partial charge in [-0.1, -0.05) is 6.07 Å². The molecule has 2 aromatic heterocycles. The lowest BCUT2D eigenvalue weighted by Crippen LogP contribution is -2.46. The Labute approximate surface area is 119 Å². The van der Waals surface area contributed by atoms with Gasteiger partial charge < -0.3 is 4.90 Å². The van der Waals surface area contributed by atoms with Gasteiger partial charge in [0.15, 0.2) is 0 Å². The number of anilines is 1. The van der Waals surface area contributed by atoms with Gasteiger partial charge in [0.2, 0.25) is 0 Å². The molecule has 5 heteroatoms. The Morgan fingerprint density at radius 1 is 1.20 bits per heavy atom. The minimum atomic E-state index is 0.991. The molecular weight excluding hydrogens is 250 g/mol. The van der Waals surface area contributed by atoms with Crippen LogP contribution in [0.2, 0.25) is 0 Å². The molecule has 0 aromatic carbocycles. The third-order valence-electron chi connectivity index (χ3n) is 3.91. The summed E-state index contributed by atoms with van der Waals surface area (Å²) >= 11 is 0. The summed E-state index contributed by atoms with van der Waals surface area (Å²) in [6.45, 7) is 9.43. The minimum absolute atomic E-state index is 0.991. The summed E-state index contributed by atoms with van der Waals surface area (Å²) < 4.78 is 0. The van der Waals surface area contributed by atoms with Crippen molar-refractivity contribution in [1.29, 1.82) is 0 Å². The molecule has 0 radical (unpaired) electrons. The van der Waals surface area contributed by atoms with Crippen molar-refractivity contribution >= 4 is 5.69 Å². The Hall–Kier alpha value is -1.88. The highest BCUT2D eigenvalue weighted by Crippen LogP contribution is 2.23. The number of piperazine rings is 1. The first-order valence-electron chi connectivity index (χ1n) is 7.12. The maximum absolute atomic E-state index is 4.29. The summed E-state index contributed by atoms with van der Waals surface area (Å²) in [5.74, 6) is 0. The molecule has 1 saturated heterocycles. The molecule has 5 nitrogen and oxygen atoms in total. The molecule has 1 fully saturated rings. The second kappa shape index (κ2) is 5.63. The molecule has 20 heavy (non-hydrogen) atoms. The molecule has 2 aromatic rings. The topological polar surface area (TPSA) is 48.1 Å². The van der Waals surface area contributed by atoms with Gasteiger partial charge in [-0.2, -0.15) is 5.10 Å². The van der Waals surface area contributed by atoms with Gasteiger partial charge in [0.25, 0.3) is 0 Å². The van der Waals surface area contributed by atoms with Crippen molar-refractivity contribution in [2.45, 2.75) is 20.4 Å². The quantitative estimate of drug-likeness (QED) is 0.924. The molecule has 0 bridgehead atoms. The van der Waals surface area contributed by atoms with Gasteiger partial charge in [-0.25, -0.2) is 0 Å². The van der Waals surface area contributed by atoms with Crippen LogP contribution in [0.3, 0.4) is 0 Å². The molecule has 3 rings (SSSR count). The number of aromatic amines is 1. The molecule has 0 amide bonds. The third kappa shape index (κ3) is 2.67. The van der Waals surface area contributed by atoms with E-state index in [0.29, 0.717) is 0 Å². The van der Waals surface area contributed by atoms with E-state index in [0.717, 1.165) is 38.4 Å². The van der Waals surface area contributed by atoms with Gasteiger partial charge in [-0.15, -0.1) is 0 Å². The van der Waals surface area contributed by atoms with Crippen LogP contribution in [-0.4, -0.2) is 46.3 Å². The lowest BCUT2D eigenvalue weighted by Gasteiger charge is -2.36. The van der Waals surface area contributed by atoms with E-state index in [9.17, 15) is 0 Å². The van der Waals surface area contributed by atoms with E-state index in [1.54, 1.807) is 0 Å². The van der Waals surface area contributed by atoms with Crippen LogP contribution < -0.4 is 4.90 Å². The average molecular weight is 271 g/mol. The molecule has 3 heterocycles. The summed E-state index contributed by atoms with van der Waals surface area (Å²) in [6, 6.07) is 4.15. The van der Waals surface area contributed by atoms with Gasteiger partial charge in [-0.05, 0) is 25.5 Å². The van der Waals surface area contributed by atoms with Gasteiger partial charge in [0.05, 0.1) is 17.1 Å². The largest absolute Gasteiger partial charge is 0.366 e. The van der Waals surface area contributed by atoms with Crippen LogP contribution in [0.5, 0.6) is 0 Å². The van der Waals surface area contributed by atoms with Crippen LogP contribution in [0.15, 0.2) is 24.5 Å². The molecular formula is C15H21N5. The lowest BCUT2D eigenvalue weighted by atomic mass is 10.2. The van der Waals surface area contributed by atoms with Crippen LogP contribution in [0.4, 0.5) is 5.69 Å². The van der Waals surface area contributed by atoms with Crippen LogP contribution in [0.1, 0.15) is 17.0 Å². The molecule has 0 saturated carbocycles. The highest BCUT2D eigenvalue weighted by Gasteiger charge is 2.21. The van der Waals surface area contributed by atoms with E-state index in [4.69, 9.17) is 0 Å². The van der Waals surface area contributed by atoms with Gasteiger partial charge in [-0.3, -0.25) is 15.0 Å². The zero-order valence-corrected chi connectivity index (χ0v) is 12.1. The second-order valence-corrected chi connectivity index (χ2v) is 5.41. The fourth-order valence-electron chi connectivity index (χ4n) is 2.89. The maximum atomic E-state index is 4.29. The zero-order valence-electron chi connectivity index (χ0n) is 12.1. The summed E-state index contributed by atoms with van der Waals surface area (Å²) in [5, 5.41) is 7.36. The Balaban J connectivity index is 1.60. The number of rotatable bonds is 3. The van der Waals surface area contributed by atoms with Crippen molar-refractivity contribution in [3.05, 3.63) is 41.5 Å². The lowest BCUT2D eigenvalue weighted by molar-refractivity contribution is 0.249. The fourth-order valence-corrected chi connectivity index (χ4v) is 2.89. The fraction of sp³-hybridized carbons (Fsp3) is 0.467. The Kier molecular flexibility index (Phi) is 3.69. The van der Waals surface area contributed by atoms with Crippen molar-refractivity contribution in [3.8, 4) is 0 Å². The van der Waals surface area contributed by atoms with E-state index < -0.39 is 0 Å². The predicted octanol–water partition coefficient (Wildman–Crippen LogP) is 1.74. The number of hydrogen-bond donors (Lipinski definition) is 1. The first-order chi connectivity index (χ1) is 9.74. The average Bonchev–Trinajstić information content (AvgIpc) is 2.81. The van der Waals surface area contributed by atoms with E-state index in [-0.39, 0.29) is 0 Å². The summed E-state index contributed by atoms with van der Waals surface area (Å²) in [4.78, 5) is 9.10. The Bertz CT molecular complexity index is 535. The first-order valence-corrected chi connectivity index (χ1v) is 7.12. The van der Waals surface area contributed by atoms with E-state index in [1.165, 1.54) is 16.9 Å². The van der Waals surface area contributed by atoms with E-state index in [1.807, 2.05) is 18.5 Å². The minimum Gasteiger partial charge on any atom is -0.366 e. The number of nitrogens with zero attached hydrogens (tertiary/aromatic N) is 4. The zero-order chi connectivity index (χ0) is 13.9. The van der Waals surface area contributed by atoms with Gasteiger partial charge in [0, 0.05) is 45.1 Å². The van der Waals surface area contributed by atoms with E-state index >= 15 is 0 Å². The number of hydrogen-bond acceptors (Lipinski definition) is 4. The molecule has 106 valence electrons. The van der Waals surface area contributed by atoms with Crippen LogP contribution >= 0.6 is 0 Å². The summed E-state index contributed by atoms with van der Waals surface area (Å²) in [5.41, 5.74) is 4.84.